The Morgan fingerprint density at radius 2 is 1.17 bits per heavy atom. The van der Waals surface area contributed by atoms with Gasteiger partial charge >= 0.3 is 17.9 Å². The molecule has 0 unspecified atom stereocenters. The number of carbonyl (C=O) groups excluding carboxylic acids is 4. The SMILES string of the molecule is CCCCCC[C@H](CCCCCCCCCCC(=O)OCc1ccc(N=C=O)cc1)OC(=O)CCC(=O)OCc1ccc(OC#N)cc1. The lowest BCUT2D eigenvalue weighted by Gasteiger charge is -2.18. The second-order valence-corrected chi connectivity index (χ2v) is 11.9. The first-order valence-electron chi connectivity index (χ1n) is 17.3. The van der Waals surface area contributed by atoms with Gasteiger partial charge in [-0.05, 0) is 67.5 Å². The summed E-state index contributed by atoms with van der Waals surface area (Å²) in [4.78, 5) is 50.6. The lowest BCUT2D eigenvalue weighted by atomic mass is 10.0. The summed E-state index contributed by atoms with van der Waals surface area (Å²) >= 11 is 0. The van der Waals surface area contributed by atoms with Gasteiger partial charge in [-0.3, -0.25) is 14.4 Å². The molecule has 0 aliphatic rings. The average Bonchev–Trinajstić information content (AvgIpc) is 3.09. The molecule has 0 radical (unpaired) electrons. The van der Waals surface area contributed by atoms with E-state index in [-0.39, 0.29) is 44.1 Å². The topological polar surface area (TPSA) is 141 Å². The normalized spacial score (nSPS) is 11.1. The quantitative estimate of drug-likeness (QED) is 0.0241. The average molecular weight is 663 g/mol. The van der Waals surface area contributed by atoms with Crippen LogP contribution in [-0.4, -0.2) is 30.1 Å². The number of nitriles is 1. The van der Waals surface area contributed by atoms with Gasteiger partial charge in [0.25, 0.3) is 6.26 Å². The summed E-state index contributed by atoms with van der Waals surface area (Å²) < 4.78 is 21.1. The van der Waals surface area contributed by atoms with E-state index in [1.807, 2.05) is 0 Å². The molecular formula is C38H50N2O8. The van der Waals surface area contributed by atoms with Crippen molar-refractivity contribution in [2.45, 2.75) is 135 Å². The number of isocyanates is 1. The van der Waals surface area contributed by atoms with Crippen molar-refractivity contribution in [2.75, 3.05) is 0 Å². The summed E-state index contributed by atoms with van der Waals surface area (Å²) in [6.07, 6.45) is 17.8. The fourth-order valence-electron chi connectivity index (χ4n) is 5.11. The zero-order valence-electron chi connectivity index (χ0n) is 28.3. The van der Waals surface area contributed by atoms with Crippen molar-refractivity contribution < 1.29 is 38.1 Å². The van der Waals surface area contributed by atoms with Crippen LogP contribution in [0.15, 0.2) is 53.5 Å². The Balaban J connectivity index is 1.54. The van der Waals surface area contributed by atoms with Crippen LogP contribution in [0.4, 0.5) is 5.69 Å². The second-order valence-electron chi connectivity index (χ2n) is 11.9. The van der Waals surface area contributed by atoms with E-state index in [2.05, 4.69) is 11.9 Å². The molecule has 0 bridgehead atoms. The fraction of sp³-hybridized carbons (Fsp3) is 0.553. The number of ether oxygens (including phenoxy) is 4. The van der Waals surface area contributed by atoms with Gasteiger partial charge in [-0.25, -0.2) is 4.79 Å². The van der Waals surface area contributed by atoms with Crippen LogP contribution in [0.1, 0.15) is 127 Å². The van der Waals surface area contributed by atoms with E-state index in [9.17, 15) is 19.2 Å². The van der Waals surface area contributed by atoms with Gasteiger partial charge in [-0.1, -0.05) is 89.0 Å². The third-order valence-corrected chi connectivity index (χ3v) is 7.87. The van der Waals surface area contributed by atoms with Crippen LogP contribution in [0, 0.1) is 11.5 Å². The summed E-state index contributed by atoms with van der Waals surface area (Å²) in [5, 5.41) is 8.55. The molecule has 48 heavy (non-hydrogen) atoms. The molecule has 1 atom stereocenters. The van der Waals surface area contributed by atoms with Crippen LogP contribution < -0.4 is 4.74 Å². The van der Waals surface area contributed by atoms with Crippen LogP contribution in [0.3, 0.4) is 0 Å². The number of benzene rings is 2. The summed E-state index contributed by atoms with van der Waals surface area (Å²) in [6.45, 7) is 2.45. The van der Waals surface area contributed by atoms with E-state index < -0.39 is 5.97 Å². The van der Waals surface area contributed by atoms with Crippen LogP contribution in [0.25, 0.3) is 0 Å². The molecule has 10 nitrogen and oxygen atoms in total. The maximum atomic E-state index is 12.5. The van der Waals surface area contributed by atoms with Gasteiger partial charge < -0.3 is 18.9 Å². The van der Waals surface area contributed by atoms with Crippen molar-refractivity contribution in [1.82, 2.24) is 0 Å². The molecule has 0 heterocycles. The molecule has 0 spiro atoms. The van der Waals surface area contributed by atoms with E-state index in [0.717, 1.165) is 101 Å². The second kappa shape index (κ2) is 25.6. The summed E-state index contributed by atoms with van der Waals surface area (Å²) in [6, 6.07) is 13.6. The molecule has 0 saturated heterocycles. The van der Waals surface area contributed by atoms with Crippen molar-refractivity contribution in [3.8, 4) is 12.0 Å². The molecule has 0 aromatic heterocycles. The smallest absolute Gasteiger partial charge is 0.306 e. The number of carbonyl (C=O) groups is 3. The summed E-state index contributed by atoms with van der Waals surface area (Å²) in [7, 11) is 0. The third kappa shape index (κ3) is 19.2. The Morgan fingerprint density at radius 3 is 1.73 bits per heavy atom. The molecule has 10 heteroatoms. The van der Waals surface area contributed by atoms with Crippen LogP contribution in [0.2, 0.25) is 0 Å². The largest absolute Gasteiger partial charge is 0.462 e. The predicted octanol–water partition coefficient (Wildman–Crippen LogP) is 8.86. The molecule has 0 aliphatic carbocycles. The van der Waals surface area contributed by atoms with E-state index in [1.54, 1.807) is 54.8 Å². The first kappa shape index (κ1) is 39.7. The van der Waals surface area contributed by atoms with Gasteiger partial charge in [-0.15, -0.1) is 5.26 Å². The monoisotopic (exact) mass is 662 g/mol. The van der Waals surface area contributed by atoms with Gasteiger partial charge in [0.15, 0.2) is 0 Å². The Kier molecular flexibility index (Phi) is 21.2. The van der Waals surface area contributed by atoms with Crippen molar-refractivity contribution >= 4 is 29.7 Å². The molecule has 2 aromatic carbocycles. The van der Waals surface area contributed by atoms with Gasteiger partial charge in [-0.2, -0.15) is 4.99 Å². The highest BCUT2D eigenvalue weighted by Gasteiger charge is 2.16. The zero-order chi connectivity index (χ0) is 34.7. The number of hydrogen-bond donors (Lipinski definition) is 0. The third-order valence-electron chi connectivity index (χ3n) is 7.87. The van der Waals surface area contributed by atoms with Gasteiger partial charge in [0.1, 0.15) is 25.1 Å². The van der Waals surface area contributed by atoms with E-state index in [1.165, 1.54) is 6.08 Å². The van der Waals surface area contributed by atoms with Gasteiger partial charge in [0.05, 0.1) is 18.5 Å². The van der Waals surface area contributed by atoms with Gasteiger partial charge in [0, 0.05) is 6.42 Å². The maximum Gasteiger partial charge on any atom is 0.306 e. The standard InChI is InChI=1S/C38H50N2O8/c1-2-3-4-11-14-35(48-38(44)26-25-37(43)46-28-32-19-23-34(24-20-32)47-29-39)15-12-9-7-5-6-8-10-13-16-36(42)45-27-31-17-21-33(22-18-31)40-30-41/h17-24,35H,2-16,25-28H2,1H3/t35-/m1/s1. The molecule has 0 saturated carbocycles. The molecule has 0 fully saturated rings. The summed E-state index contributed by atoms with van der Waals surface area (Å²) in [5.41, 5.74) is 2.12. The van der Waals surface area contributed by atoms with Crippen molar-refractivity contribution in [2.24, 2.45) is 4.99 Å². The fourth-order valence-corrected chi connectivity index (χ4v) is 5.11. The first-order chi connectivity index (χ1) is 23.4. The van der Waals surface area contributed by atoms with Crippen molar-refractivity contribution in [1.29, 1.82) is 5.26 Å². The van der Waals surface area contributed by atoms with E-state index in [0.29, 0.717) is 17.9 Å². The minimum absolute atomic E-state index is 0.00982. The highest BCUT2D eigenvalue weighted by Crippen LogP contribution is 2.19. The van der Waals surface area contributed by atoms with Crippen LogP contribution in [0.5, 0.6) is 5.75 Å². The molecule has 0 amide bonds. The number of aliphatic imine (C=N–C) groups is 1. The van der Waals surface area contributed by atoms with E-state index >= 15 is 0 Å². The zero-order valence-corrected chi connectivity index (χ0v) is 28.3. The molecule has 0 N–H and O–H groups in total. The summed E-state index contributed by atoms with van der Waals surface area (Å²) in [5.74, 6) is -0.624. The lowest BCUT2D eigenvalue weighted by Crippen LogP contribution is -2.19. The molecule has 0 aliphatic heterocycles. The Bertz CT molecular complexity index is 1300. The maximum absolute atomic E-state index is 12.5. The highest BCUT2D eigenvalue weighted by atomic mass is 16.5. The lowest BCUT2D eigenvalue weighted by molar-refractivity contribution is -0.154. The Hall–Kier alpha value is -4.48. The Labute approximate surface area is 284 Å². The molecule has 2 rings (SSSR count). The number of hydrogen-bond acceptors (Lipinski definition) is 10. The van der Waals surface area contributed by atoms with Crippen molar-refractivity contribution in [3.05, 3.63) is 59.7 Å². The number of rotatable bonds is 26. The van der Waals surface area contributed by atoms with Crippen LogP contribution in [-0.2, 0) is 46.6 Å². The minimum atomic E-state index is -0.463. The predicted molar refractivity (Wildman–Crippen MR) is 181 cm³/mol. The number of nitrogens with zero attached hydrogens (tertiary/aromatic N) is 2. The molecular weight excluding hydrogens is 612 g/mol. The highest BCUT2D eigenvalue weighted by molar-refractivity contribution is 5.77. The van der Waals surface area contributed by atoms with Crippen LogP contribution >= 0.6 is 0 Å². The number of esters is 3. The first-order valence-corrected chi connectivity index (χ1v) is 17.3. The molecule has 2 aromatic rings. The Morgan fingerprint density at radius 1 is 0.667 bits per heavy atom. The van der Waals surface area contributed by atoms with Gasteiger partial charge in [0.2, 0.25) is 6.08 Å². The minimum Gasteiger partial charge on any atom is -0.462 e. The number of unbranched alkanes of at least 4 members (excludes halogenated alkanes) is 10. The van der Waals surface area contributed by atoms with Crippen molar-refractivity contribution in [3.63, 3.8) is 0 Å². The molecule has 260 valence electrons. The van der Waals surface area contributed by atoms with E-state index in [4.69, 9.17) is 24.2 Å².